The Hall–Kier alpha value is -3.15. The first-order valence-electron chi connectivity index (χ1n) is 8.99. The molecule has 140 valence electrons. The van der Waals surface area contributed by atoms with Gasteiger partial charge in [-0.1, -0.05) is 29.8 Å². The number of anilines is 4. The van der Waals surface area contributed by atoms with E-state index in [2.05, 4.69) is 58.7 Å². The Balaban J connectivity index is 1.83. The minimum Gasteiger partial charge on any atom is -0.489 e. The van der Waals surface area contributed by atoms with Crippen molar-refractivity contribution in [2.24, 2.45) is 0 Å². The van der Waals surface area contributed by atoms with Crippen LogP contribution in [0.1, 0.15) is 30.5 Å². The first-order valence-corrected chi connectivity index (χ1v) is 8.99. The van der Waals surface area contributed by atoms with Crippen LogP contribution in [0.15, 0.2) is 42.6 Å². The van der Waals surface area contributed by atoms with Gasteiger partial charge in [0.05, 0.1) is 18.0 Å². The lowest BCUT2D eigenvalue weighted by Gasteiger charge is -2.15. The molecule has 0 spiro atoms. The van der Waals surface area contributed by atoms with Crippen LogP contribution in [0.2, 0.25) is 0 Å². The number of ether oxygens (including phenoxy) is 1. The number of hydrogen-bond donors (Lipinski definition) is 2. The quantitative estimate of drug-likeness (QED) is 0.637. The zero-order valence-electron chi connectivity index (χ0n) is 16.4. The highest BCUT2D eigenvalue weighted by Gasteiger charge is 2.09. The topological polar surface area (TPSA) is 72.0 Å². The predicted octanol–water partition coefficient (Wildman–Crippen LogP) is 5.07. The van der Waals surface area contributed by atoms with Crippen molar-refractivity contribution in [1.29, 1.82) is 0 Å². The molecule has 0 radical (unpaired) electrons. The molecular weight excluding hydrogens is 338 g/mol. The molecule has 0 fully saturated rings. The molecule has 3 aromatic rings. The van der Waals surface area contributed by atoms with E-state index in [1.807, 2.05) is 38.1 Å². The molecule has 0 saturated heterocycles. The highest BCUT2D eigenvalue weighted by atomic mass is 16.5. The Bertz CT molecular complexity index is 916. The molecule has 6 nitrogen and oxygen atoms in total. The molecule has 0 bridgehead atoms. The molecule has 0 unspecified atom stereocenters. The fourth-order valence-corrected chi connectivity index (χ4v) is 2.97. The summed E-state index contributed by atoms with van der Waals surface area (Å²) in [6.07, 6.45) is 1.67. The minimum atomic E-state index is 0.0844. The third kappa shape index (κ3) is 4.73. The van der Waals surface area contributed by atoms with Gasteiger partial charge in [0.15, 0.2) is 5.82 Å². The second-order valence-electron chi connectivity index (χ2n) is 6.85. The Morgan fingerprint density at radius 1 is 0.963 bits per heavy atom. The molecule has 3 rings (SSSR count). The van der Waals surface area contributed by atoms with Gasteiger partial charge in [-0.3, -0.25) is 0 Å². The molecule has 0 amide bonds. The van der Waals surface area contributed by atoms with Crippen LogP contribution in [0.3, 0.4) is 0 Å². The molecule has 0 atom stereocenters. The van der Waals surface area contributed by atoms with Crippen molar-refractivity contribution in [1.82, 2.24) is 15.2 Å². The molecule has 2 aromatic carbocycles. The number of rotatable bonds is 6. The van der Waals surface area contributed by atoms with E-state index in [1.54, 1.807) is 6.20 Å². The summed E-state index contributed by atoms with van der Waals surface area (Å²) in [5, 5.41) is 14.7. The van der Waals surface area contributed by atoms with Gasteiger partial charge in [0, 0.05) is 5.69 Å². The second-order valence-corrected chi connectivity index (χ2v) is 6.85. The third-order valence-electron chi connectivity index (χ3n) is 3.99. The van der Waals surface area contributed by atoms with Crippen LogP contribution in [0.25, 0.3) is 0 Å². The van der Waals surface area contributed by atoms with Gasteiger partial charge < -0.3 is 15.4 Å². The number of benzene rings is 2. The van der Waals surface area contributed by atoms with Crippen LogP contribution in [0.5, 0.6) is 5.75 Å². The smallest absolute Gasteiger partial charge is 0.249 e. The summed E-state index contributed by atoms with van der Waals surface area (Å²) in [5.74, 6) is 1.80. The van der Waals surface area contributed by atoms with Crippen molar-refractivity contribution in [3.05, 3.63) is 59.3 Å². The summed E-state index contributed by atoms with van der Waals surface area (Å²) in [4.78, 5) is 4.54. The number of para-hydroxylation sites is 2. The molecule has 0 aliphatic carbocycles. The van der Waals surface area contributed by atoms with Gasteiger partial charge in [0.25, 0.3) is 0 Å². The normalized spacial score (nSPS) is 10.7. The van der Waals surface area contributed by atoms with Gasteiger partial charge in [0.1, 0.15) is 5.75 Å². The monoisotopic (exact) mass is 363 g/mol. The maximum atomic E-state index is 5.84. The zero-order valence-corrected chi connectivity index (χ0v) is 16.4. The van der Waals surface area contributed by atoms with Gasteiger partial charge >= 0.3 is 0 Å². The maximum Gasteiger partial charge on any atom is 0.249 e. The standard InChI is InChI=1S/C21H25N5O/c1-13(2)27-18-9-7-6-8-17(18)23-19-12-22-26-21(24-19)25-20-15(4)10-14(3)11-16(20)5/h6-13H,1-5H3,(H2,23,24,25,26). The summed E-state index contributed by atoms with van der Waals surface area (Å²) in [6.45, 7) is 10.2. The molecule has 27 heavy (non-hydrogen) atoms. The van der Waals surface area contributed by atoms with Crippen molar-refractivity contribution in [3.63, 3.8) is 0 Å². The van der Waals surface area contributed by atoms with Gasteiger partial charge in [-0.05, 0) is 57.9 Å². The van der Waals surface area contributed by atoms with Crippen molar-refractivity contribution < 1.29 is 4.74 Å². The van der Waals surface area contributed by atoms with Crippen LogP contribution in [0, 0.1) is 20.8 Å². The summed E-state index contributed by atoms with van der Waals surface area (Å²) < 4.78 is 5.84. The first-order chi connectivity index (χ1) is 12.9. The van der Waals surface area contributed by atoms with Gasteiger partial charge in [-0.15, -0.1) is 5.10 Å². The zero-order chi connectivity index (χ0) is 19.4. The Labute approximate surface area is 160 Å². The molecule has 0 saturated carbocycles. The van der Waals surface area contributed by atoms with Crippen molar-refractivity contribution in [3.8, 4) is 5.75 Å². The van der Waals surface area contributed by atoms with E-state index in [0.717, 1.165) is 28.3 Å². The van der Waals surface area contributed by atoms with E-state index in [0.29, 0.717) is 11.8 Å². The molecule has 6 heteroatoms. The SMILES string of the molecule is Cc1cc(C)c(Nc2nncc(Nc3ccccc3OC(C)C)n2)c(C)c1. The fourth-order valence-electron chi connectivity index (χ4n) is 2.97. The van der Waals surface area contributed by atoms with E-state index in [9.17, 15) is 0 Å². The average molecular weight is 363 g/mol. The highest BCUT2D eigenvalue weighted by molar-refractivity contribution is 5.66. The van der Waals surface area contributed by atoms with Crippen LogP contribution in [-0.4, -0.2) is 21.3 Å². The molecule has 2 N–H and O–H groups in total. The summed E-state index contributed by atoms with van der Waals surface area (Å²) >= 11 is 0. The van der Waals surface area contributed by atoms with E-state index < -0.39 is 0 Å². The molecule has 1 aromatic heterocycles. The lowest BCUT2D eigenvalue weighted by Crippen LogP contribution is -2.08. The summed E-state index contributed by atoms with van der Waals surface area (Å²) in [7, 11) is 0. The number of aromatic nitrogens is 3. The maximum absolute atomic E-state index is 5.84. The number of nitrogens with zero attached hydrogens (tertiary/aromatic N) is 3. The van der Waals surface area contributed by atoms with Crippen LogP contribution < -0.4 is 15.4 Å². The van der Waals surface area contributed by atoms with E-state index in [-0.39, 0.29) is 6.10 Å². The van der Waals surface area contributed by atoms with Crippen LogP contribution in [-0.2, 0) is 0 Å². The predicted molar refractivity (Wildman–Crippen MR) is 109 cm³/mol. The van der Waals surface area contributed by atoms with E-state index in [4.69, 9.17) is 4.74 Å². The summed E-state index contributed by atoms with van der Waals surface area (Å²) in [6, 6.07) is 12.0. The van der Waals surface area contributed by atoms with E-state index >= 15 is 0 Å². The van der Waals surface area contributed by atoms with Gasteiger partial charge in [-0.25, -0.2) is 0 Å². The number of nitrogens with one attached hydrogen (secondary N) is 2. The Morgan fingerprint density at radius 3 is 2.37 bits per heavy atom. The van der Waals surface area contributed by atoms with Crippen molar-refractivity contribution in [2.75, 3.05) is 10.6 Å². The molecular formula is C21H25N5O. The average Bonchev–Trinajstić information content (AvgIpc) is 2.60. The summed E-state index contributed by atoms with van der Waals surface area (Å²) in [5.41, 5.74) is 5.35. The number of hydrogen-bond acceptors (Lipinski definition) is 6. The number of aryl methyl sites for hydroxylation is 3. The van der Waals surface area contributed by atoms with E-state index in [1.165, 1.54) is 5.56 Å². The molecule has 0 aliphatic heterocycles. The highest BCUT2D eigenvalue weighted by Crippen LogP contribution is 2.28. The minimum absolute atomic E-state index is 0.0844. The fraction of sp³-hybridized carbons (Fsp3) is 0.286. The van der Waals surface area contributed by atoms with Crippen molar-refractivity contribution in [2.45, 2.75) is 40.7 Å². The van der Waals surface area contributed by atoms with Gasteiger partial charge in [0.2, 0.25) is 5.95 Å². The van der Waals surface area contributed by atoms with Crippen molar-refractivity contribution >= 4 is 23.1 Å². The Kier molecular flexibility index (Phi) is 5.54. The van der Waals surface area contributed by atoms with Gasteiger partial charge in [-0.2, -0.15) is 10.1 Å². The lowest BCUT2D eigenvalue weighted by molar-refractivity contribution is 0.244. The van der Waals surface area contributed by atoms with Crippen LogP contribution in [0.4, 0.5) is 23.1 Å². The molecule has 1 heterocycles. The first kappa shape index (κ1) is 18.6. The second kappa shape index (κ2) is 8.03. The Morgan fingerprint density at radius 2 is 1.67 bits per heavy atom. The lowest BCUT2D eigenvalue weighted by atomic mass is 10.1. The third-order valence-corrected chi connectivity index (χ3v) is 3.99. The molecule has 0 aliphatic rings. The van der Waals surface area contributed by atoms with Crippen LogP contribution >= 0.6 is 0 Å². The largest absolute Gasteiger partial charge is 0.489 e.